The Bertz CT molecular complexity index is 803. The number of carboxylic acids is 1. The third kappa shape index (κ3) is 3.04. The van der Waals surface area contributed by atoms with Gasteiger partial charge in [0.1, 0.15) is 0 Å². The van der Waals surface area contributed by atoms with E-state index in [1.54, 1.807) is 16.7 Å². The van der Waals surface area contributed by atoms with E-state index in [0.29, 0.717) is 12.1 Å². The summed E-state index contributed by atoms with van der Waals surface area (Å²) in [6.45, 7) is 2.56. The average Bonchev–Trinajstić information content (AvgIpc) is 2.60. The fourth-order valence-electron chi connectivity index (χ4n) is 3.10. The quantitative estimate of drug-likeness (QED) is 0.868. The van der Waals surface area contributed by atoms with E-state index in [1.807, 2.05) is 55.6 Å². The largest absolute Gasteiger partial charge is 0.481 e. The summed E-state index contributed by atoms with van der Waals surface area (Å²) in [6.07, 6.45) is 1.97. The Kier molecular flexibility index (Phi) is 4.62. The highest BCUT2D eigenvalue weighted by Gasteiger charge is 2.33. The molecule has 0 aliphatic carbocycles. The fraction of sp³-hybridized carbons (Fsp3) is 0.263. The molecule has 1 N–H and O–H groups in total. The van der Waals surface area contributed by atoms with E-state index in [0.717, 1.165) is 21.6 Å². The minimum Gasteiger partial charge on any atom is -0.481 e. The van der Waals surface area contributed by atoms with Gasteiger partial charge in [0.25, 0.3) is 5.91 Å². The molecule has 3 rings (SSSR count). The zero-order chi connectivity index (χ0) is 17.3. The molecule has 0 saturated carbocycles. The fourth-order valence-corrected chi connectivity index (χ4v) is 3.54. The van der Waals surface area contributed by atoms with Crippen molar-refractivity contribution in [2.75, 3.05) is 12.8 Å². The average molecular weight is 341 g/mol. The van der Waals surface area contributed by atoms with E-state index >= 15 is 0 Å². The maximum Gasteiger partial charge on any atom is 0.312 e. The molecule has 0 fully saturated rings. The molecule has 5 heteroatoms. The van der Waals surface area contributed by atoms with Gasteiger partial charge in [0, 0.05) is 23.5 Å². The van der Waals surface area contributed by atoms with Crippen LogP contribution in [-0.2, 0) is 11.3 Å². The van der Waals surface area contributed by atoms with Crippen molar-refractivity contribution >= 4 is 23.6 Å². The molecular formula is C19H19NO3S. The van der Waals surface area contributed by atoms with Gasteiger partial charge in [0.15, 0.2) is 0 Å². The molecule has 1 aliphatic heterocycles. The minimum atomic E-state index is -0.894. The molecule has 1 unspecified atom stereocenters. The maximum atomic E-state index is 13.0. The van der Waals surface area contributed by atoms with E-state index in [9.17, 15) is 14.7 Å². The van der Waals surface area contributed by atoms with E-state index < -0.39 is 11.9 Å². The van der Waals surface area contributed by atoms with Crippen LogP contribution in [0.2, 0.25) is 0 Å². The Hall–Kier alpha value is -2.27. The number of carboxylic acid groups (broad SMARTS) is 1. The van der Waals surface area contributed by atoms with Crippen molar-refractivity contribution in [1.82, 2.24) is 4.90 Å². The molecule has 2 aromatic carbocycles. The normalized spacial score (nSPS) is 16.6. The van der Waals surface area contributed by atoms with Gasteiger partial charge in [-0.25, -0.2) is 0 Å². The number of amides is 1. The molecule has 0 bridgehead atoms. The minimum absolute atomic E-state index is 0.107. The summed E-state index contributed by atoms with van der Waals surface area (Å²) in [5.41, 5.74) is 3.26. The molecule has 1 atom stereocenters. The van der Waals surface area contributed by atoms with Crippen LogP contribution in [0.4, 0.5) is 0 Å². The molecule has 0 spiro atoms. The summed E-state index contributed by atoms with van der Waals surface area (Å²) < 4.78 is 0. The molecule has 24 heavy (non-hydrogen) atoms. The topological polar surface area (TPSA) is 57.6 Å². The number of hydrogen-bond acceptors (Lipinski definition) is 3. The first-order valence-corrected chi connectivity index (χ1v) is 8.98. The molecular weight excluding hydrogens is 322 g/mol. The van der Waals surface area contributed by atoms with Crippen LogP contribution in [-0.4, -0.2) is 34.7 Å². The third-order valence-electron chi connectivity index (χ3n) is 4.46. The summed E-state index contributed by atoms with van der Waals surface area (Å²) in [5, 5.41) is 9.55. The second-order valence-corrected chi connectivity index (χ2v) is 6.84. The van der Waals surface area contributed by atoms with Crippen LogP contribution in [0.5, 0.6) is 0 Å². The number of hydrogen-bond donors (Lipinski definition) is 1. The number of aliphatic carboxylic acids is 1. The van der Waals surface area contributed by atoms with Gasteiger partial charge in [0.05, 0.1) is 5.92 Å². The van der Waals surface area contributed by atoms with Gasteiger partial charge < -0.3 is 10.0 Å². The number of carbonyl (C=O) groups excluding carboxylic acids is 1. The maximum absolute atomic E-state index is 13.0. The third-order valence-corrected chi connectivity index (χ3v) is 5.18. The number of fused-ring (bicyclic) bond motifs is 1. The number of benzene rings is 2. The second-order valence-electron chi connectivity index (χ2n) is 5.96. The van der Waals surface area contributed by atoms with Crippen molar-refractivity contribution in [2.24, 2.45) is 0 Å². The van der Waals surface area contributed by atoms with Gasteiger partial charge in [-0.2, -0.15) is 0 Å². The van der Waals surface area contributed by atoms with Crippen molar-refractivity contribution in [3.05, 3.63) is 64.7 Å². The van der Waals surface area contributed by atoms with E-state index in [4.69, 9.17) is 0 Å². The summed E-state index contributed by atoms with van der Waals surface area (Å²) in [5.74, 6) is -1.68. The summed E-state index contributed by atoms with van der Waals surface area (Å²) in [6, 6.07) is 13.3. The first-order valence-electron chi connectivity index (χ1n) is 7.75. The number of carbonyl (C=O) groups is 2. The van der Waals surface area contributed by atoms with Gasteiger partial charge in [0.2, 0.25) is 0 Å². The highest BCUT2D eigenvalue weighted by molar-refractivity contribution is 7.98. The molecule has 0 radical (unpaired) electrons. The highest BCUT2D eigenvalue weighted by atomic mass is 32.2. The SMILES string of the molecule is CSc1ccc(C)c(C(=O)N2Cc3ccccc3C(C(=O)O)C2)c1. The van der Waals surface area contributed by atoms with Gasteiger partial charge >= 0.3 is 5.97 Å². The van der Waals surface area contributed by atoms with Crippen molar-refractivity contribution in [3.8, 4) is 0 Å². The molecule has 2 aromatic rings. The second kappa shape index (κ2) is 6.69. The smallest absolute Gasteiger partial charge is 0.312 e. The van der Waals surface area contributed by atoms with Crippen molar-refractivity contribution in [1.29, 1.82) is 0 Å². The van der Waals surface area contributed by atoms with Crippen LogP contribution >= 0.6 is 11.8 Å². The van der Waals surface area contributed by atoms with Crippen molar-refractivity contribution in [3.63, 3.8) is 0 Å². The lowest BCUT2D eigenvalue weighted by Crippen LogP contribution is -2.40. The zero-order valence-electron chi connectivity index (χ0n) is 13.7. The monoisotopic (exact) mass is 341 g/mol. The Morgan fingerprint density at radius 2 is 1.96 bits per heavy atom. The molecule has 124 valence electrons. The number of rotatable bonds is 3. The summed E-state index contributed by atoms with van der Waals surface area (Å²) in [4.78, 5) is 27.3. The van der Waals surface area contributed by atoms with Crippen LogP contribution in [0.3, 0.4) is 0 Å². The highest BCUT2D eigenvalue weighted by Crippen LogP contribution is 2.30. The predicted molar refractivity (Wildman–Crippen MR) is 94.5 cm³/mol. The Morgan fingerprint density at radius 1 is 1.21 bits per heavy atom. The molecule has 0 aromatic heterocycles. The van der Waals surface area contributed by atoms with Crippen LogP contribution in [0.25, 0.3) is 0 Å². The Balaban J connectivity index is 1.96. The van der Waals surface area contributed by atoms with E-state index in [-0.39, 0.29) is 12.5 Å². The van der Waals surface area contributed by atoms with Gasteiger partial charge in [-0.05, 0) is 42.0 Å². The van der Waals surface area contributed by atoms with Gasteiger partial charge in [-0.3, -0.25) is 9.59 Å². The van der Waals surface area contributed by atoms with Crippen LogP contribution < -0.4 is 0 Å². The molecule has 1 heterocycles. The number of thioether (sulfide) groups is 1. The molecule has 0 saturated heterocycles. The van der Waals surface area contributed by atoms with Crippen LogP contribution in [0.15, 0.2) is 47.4 Å². The Labute approximate surface area is 145 Å². The number of nitrogens with zero attached hydrogens (tertiary/aromatic N) is 1. The van der Waals surface area contributed by atoms with Crippen molar-refractivity contribution < 1.29 is 14.7 Å². The molecule has 1 amide bonds. The lowest BCUT2D eigenvalue weighted by molar-refractivity contribution is -0.139. The molecule has 4 nitrogen and oxygen atoms in total. The van der Waals surface area contributed by atoms with E-state index in [1.165, 1.54) is 0 Å². The molecule has 1 aliphatic rings. The van der Waals surface area contributed by atoms with Crippen LogP contribution in [0, 0.1) is 6.92 Å². The van der Waals surface area contributed by atoms with E-state index in [2.05, 4.69) is 0 Å². The van der Waals surface area contributed by atoms with Crippen LogP contribution in [0.1, 0.15) is 33.0 Å². The predicted octanol–water partition coefficient (Wildman–Crippen LogP) is 3.54. The lowest BCUT2D eigenvalue weighted by atomic mass is 9.89. The number of aryl methyl sites for hydroxylation is 1. The standard InChI is InChI=1S/C19H19NO3S/c1-12-7-8-14(24-2)9-16(12)18(21)20-10-13-5-3-4-6-15(13)17(11-20)19(22)23/h3-9,17H,10-11H2,1-2H3,(H,22,23). The first-order chi connectivity index (χ1) is 11.5. The zero-order valence-corrected chi connectivity index (χ0v) is 14.5. The summed E-state index contributed by atoms with van der Waals surface area (Å²) in [7, 11) is 0. The lowest BCUT2D eigenvalue weighted by Gasteiger charge is -2.33. The van der Waals surface area contributed by atoms with Gasteiger partial charge in [-0.15, -0.1) is 11.8 Å². The van der Waals surface area contributed by atoms with Crippen molar-refractivity contribution in [2.45, 2.75) is 24.3 Å². The Morgan fingerprint density at radius 3 is 2.67 bits per heavy atom. The van der Waals surface area contributed by atoms with Gasteiger partial charge in [-0.1, -0.05) is 30.3 Å². The first kappa shape index (κ1) is 16.6. The summed E-state index contributed by atoms with van der Waals surface area (Å²) >= 11 is 1.58.